The van der Waals surface area contributed by atoms with E-state index in [9.17, 15) is 0 Å². The van der Waals surface area contributed by atoms with Gasteiger partial charge in [-0.3, -0.25) is 9.67 Å². The minimum atomic E-state index is 0.657. The summed E-state index contributed by atoms with van der Waals surface area (Å²) in [6, 6.07) is 6.46. The van der Waals surface area contributed by atoms with Crippen LogP contribution in [0.15, 0.2) is 23.6 Å². The second-order valence-corrected chi connectivity index (χ2v) is 7.59. The van der Waals surface area contributed by atoms with Crippen molar-refractivity contribution >= 4 is 23.6 Å². The smallest absolute Gasteiger partial charge is 0.200 e. The van der Waals surface area contributed by atoms with Crippen molar-refractivity contribution in [2.75, 3.05) is 0 Å². The van der Waals surface area contributed by atoms with Crippen molar-refractivity contribution in [1.82, 2.24) is 14.8 Å². The number of hydrogen-bond acceptors (Lipinski definition) is 3. The number of H-pyrrole nitrogens is 1. The molecule has 2 aromatic heterocycles. The molecule has 1 aliphatic rings. The molecule has 23 heavy (non-hydrogen) atoms. The van der Waals surface area contributed by atoms with Crippen LogP contribution in [0.25, 0.3) is 17.1 Å². The molecule has 118 valence electrons. The molecule has 0 fully saturated rings. The summed E-state index contributed by atoms with van der Waals surface area (Å²) in [7, 11) is 0. The SMILES string of the molecule is Cc1ccc(C)c(-n2c(-c3csc4c3CCCC4)n[nH]c2=S)c1. The monoisotopic (exact) mass is 341 g/mol. The highest BCUT2D eigenvalue weighted by atomic mass is 32.1. The lowest BCUT2D eigenvalue weighted by molar-refractivity contribution is 0.697. The molecule has 0 aliphatic heterocycles. The summed E-state index contributed by atoms with van der Waals surface area (Å²) in [4.78, 5) is 1.52. The van der Waals surface area contributed by atoms with Crippen molar-refractivity contribution in [3.05, 3.63) is 49.9 Å². The fourth-order valence-electron chi connectivity index (χ4n) is 3.34. The quantitative estimate of drug-likeness (QED) is 0.654. The average molecular weight is 342 g/mol. The number of aryl methyl sites for hydroxylation is 3. The molecule has 0 saturated heterocycles. The minimum absolute atomic E-state index is 0.657. The molecule has 0 atom stereocenters. The Labute approximate surface area is 145 Å². The molecule has 1 N–H and O–H groups in total. The van der Waals surface area contributed by atoms with Gasteiger partial charge in [0.25, 0.3) is 0 Å². The van der Waals surface area contributed by atoms with Crippen LogP contribution in [0.4, 0.5) is 0 Å². The van der Waals surface area contributed by atoms with Crippen molar-refractivity contribution in [2.24, 2.45) is 0 Å². The topological polar surface area (TPSA) is 33.6 Å². The van der Waals surface area contributed by atoms with E-state index in [2.05, 4.69) is 52.2 Å². The normalized spacial score (nSPS) is 14.0. The minimum Gasteiger partial charge on any atom is -0.268 e. The molecule has 3 nitrogen and oxygen atoms in total. The number of hydrogen-bond donors (Lipinski definition) is 1. The summed E-state index contributed by atoms with van der Waals surface area (Å²) < 4.78 is 2.75. The van der Waals surface area contributed by atoms with Crippen molar-refractivity contribution in [3.8, 4) is 17.1 Å². The average Bonchev–Trinajstić information content (AvgIpc) is 3.13. The molecule has 2 heterocycles. The van der Waals surface area contributed by atoms with Crippen LogP contribution >= 0.6 is 23.6 Å². The molecule has 0 amide bonds. The number of aromatic amines is 1. The van der Waals surface area contributed by atoms with Crippen molar-refractivity contribution in [1.29, 1.82) is 0 Å². The molecule has 5 heteroatoms. The van der Waals surface area contributed by atoms with Crippen LogP contribution in [-0.4, -0.2) is 14.8 Å². The van der Waals surface area contributed by atoms with E-state index in [1.54, 1.807) is 0 Å². The maximum atomic E-state index is 5.53. The number of aromatic nitrogens is 3. The number of benzene rings is 1. The van der Waals surface area contributed by atoms with Crippen LogP contribution in [0.5, 0.6) is 0 Å². The molecule has 0 spiro atoms. The number of fused-ring (bicyclic) bond motifs is 1. The van der Waals surface area contributed by atoms with Crippen LogP contribution in [0.1, 0.15) is 34.4 Å². The van der Waals surface area contributed by atoms with Gasteiger partial charge < -0.3 is 0 Å². The highest BCUT2D eigenvalue weighted by Crippen LogP contribution is 2.36. The van der Waals surface area contributed by atoms with Crippen molar-refractivity contribution in [2.45, 2.75) is 39.5 Å². The Balaban J connectivity index is 1.94. The van der Waals surface area contributed by atoms with E-state index in [0.29, 0.717) is 4.77 Å². The Kier molecular flexibility index (Phi) is 3.70. The lowest BCUT2D eigenvalue weighted by Crippen LogP contribution is -2.04. The lowest BCUT2D eigenvalue weighted by Gasteiger charge is -2.14. The third-order valence-electron chi connectivity index (χ3n) is 4.58. The zero-order valence-electron chi connectivity index (χ0n) is 13.3. The first-order chi connectivity index (χ1) is 11.1. The summed E-state index contributed by atoms with van der Waals surface area (Å²) in [5.41, 5.74) is 6.28. The van der Waals surface area contributed by atoms with Gasteiger partial charge in [-0.2, -0.15) is 5.10 Å². The maximum Gasteiger partial charge on any atom is 0.200 e. The van der Waals surface area contributed by atoms with Gasteiger partial charge in [0.15, 0.2) is 10.6 Å². The Morgan fingerprint density at radius 3 is 2.91 bits per heavy atom. The first-order valence-corrected chi connectivity index (χ1v) is 9.28. The van der Waals surface area contributed by atoms with Gasteiger partial charge in [0.1, 0.15) is 0 Å². The Bertz CT molecular complexity index is 930. The van der Waals surface area contributed by atoms with E-state index < -0.39 is 0 Å². The second-order valence-electron chi connectivity index (χ2n) is 6.24. The summed E-state index contributed by atoms with van der Waals surface area (Å²) in [5, 5.41) is 9.82. The van der Waals surface area contributed by atoms with E-state index in [0.717, 1.165) is 17.9 Å². The molecule has 0 saturated carbocycles. The first-order valence-electron chi connectivity index (χ1n) is 8.00. The van der Waals surface area contributed by atoms with Crippen LogP contribution < -0.4 is 0 Å². The van der Waals surface area contributed by atoms with Crippen LogP contribution in [-0.2, 0) is 12.8 Å². The predicted octanol–water partition coefficient (Wildman–Crippen LogP) is 5.15. The number of nitrogens with one attached hydrogen (secondary N) is 1. The molecule has 3 aromatic rings. The number of rotatable bonds is 2. The second kappa shape index (κ2) is 5.73. The number of nitrogens with zero attached hydrogens (tertiary/aromatic N) is 2. The standard InChI is InChI=1S/C18H19N3S2/c1-11-7-8-12(2)15(9-11)21-17(19-20-18(21)22)14-10-23-16-6-4-3-5-13(14)16/h7-10H,3-6H2,1-2H3,(H,20,22). The molecule has 0 unspecified atom stereocenters. The van der Waals surface area contributed by atoms with Crippen molar-refractivity contribution < 1.29 is 0 Å². The van der Waals surface area contributed by atoms with Crippen LogP contribution in [0.3, 0.4) is 0 Å². The summed E-state index contributed by atoms with van der Waals surface area (Å²) in [6.45, 7) is 4.23. The van der Waals surface area contributed by atoms with Gasteiger partial charge in [0.2, 0.25) is 0 Å². The van der Waals surface area contributed by atoms with E-state index in [4.69, 9.17) is 12.2 Å². The maximum absolute atomic E-state index is 5.53. The van der Waals surface area contributed by atoms with Gasteiger partial charge in [0.05, 0.1) is 5.69 Å². The van der Waals surface area contributed by atoms with Gasteiger partial charge in [-0.25, -0.2) is 0 Å². The molecule has 0 bridgehead atoms. The van der Waals surface area contributed by atoms with Crippen LogP contribution in [0, 0.1) is 18.6 Å². The van der Waals surface area contributed by atoms with E-state index in [1.165, 1.54) is 46.4 Å². The Morgan fingerprint density at radius 2 is 2.04 bits per heavy atom. The highest BCUT2D eigenvalue weighted by Gasteiger charge is 2.21. The van der Waals surface area contributed by atoms with Gasteiger partial charge in [0, 0.05) is 15.8 Å². The predicted molar refractivity (Wildman–Crippen MR) is 98.2 cm³/mol. The first kappa shape index (κ1) is 14.8. The molecule has 4 rings (SSSR count). The highest BCUT2D eigenvalue weighted by molar-refractivity contribution is 7.71. The number of thiophene rings is 1. The third kappa shape index (κ3) is 2.48. The van der Waals surface area contributed by atoms with Gasteiger partial charge >= 0.3 is 0 Å². The molecular weight excluding hydrogens is 322 g/mol. The fraction of sp³-hybridized carbons (Fsp3) is 0.333. The van der Waals surface area contributed by atoms with Gasteiger partial charge in [-0.15, -0.1) is 11.3 Å². The van der Waals surface area contributed by atoms with Crippen LogP contribution in [0.2, 0.25) is 0 Å². The zero-order valence-corrected chi connectivity index (χ0v) is 15.0. The summed E-state index contributed by atoms with van der Waals surface area (Å²) >= 11 is 7.40. The van der Waals surface area contributed by atoms with Gasteiger partial charge in [-0.05, 0) is 74.5 Å². The Morgan fingerprint density at radius 1 is 1.22 bits per heavy atom. The molecule has 1 aliphatic carbocycles. The largest absolute Gasteiger partial charge is 0.268 e. The molecule has 1 aromatic carbocycles. The summed E-state index contributed by atoms with van der Waals surface area (Å²) in [5.74, 6) is 0.947. The third-order valence-corrected chi connectivity index (χ3v) is 5.94. The fourth-order valence-corrected chi connectivity index (χ4v) is 4.70. The van der Waals surface area contributed by atoms with Gasteiger partial charge in [-0.1, -0.05) is 12.1 Å². The lowest BCUT2D eigenvalue weighted by atomic mass is 9.95. The zero-order chi connectivity index (χ0) is 16.0. The summed E-state index contributed by atoms with van der Waals surface area (Å²) in [6.07, 6.45) is 4.93. The molecule has 0 radical (unpaired) electrons. The molecular formula is C18H19N3S2. The van der Waals surface area contributed by atoms with E-state index in [1.807, 2.05) is 11.3 Å². The van der Waals surface area contributed by atoms with E-state index in [-0.39, 0.29) is 0 Å². The Hall–Kier alpha value is -1.72. The van der Waals surface area contributed by atoms with Crippen molar-refractivity contribution in [3.63, 3.8) is 0 Å². The van der Waals surface area contributed by atoms with E-state index >= 15 is 0 Å².